The molecule has 1 saturated heterocycles. The molecule has 2 rings (SSSR count). The average molecular weight is 272 g/mol. The van der Waals surface area contributed by atoms with Crippen LogP contribution in [0.25, 0.3) is 0 Å². The van der Waals surface area contributed by atoms with Crippen LogP contribution in [0, 0.1) is 17.8 Å². The van der Waals surface area contributed by atoms with E-state index in [1.54, 1.807) is 0 Å². The second-order valence-electron chi connectivity index (χ2n) is 5.72. The van der Waals surface area contributed by atoms with Gasteiger partial charge < -0.3 is 0 Å². The molecule has 0 bridgehead atoms. The summed E-state index contributed by atoms with van der Waals surface area (Å²) in [7, 11) is 0. The largest absolute Gasteiger partial charge is 0.282 e. The van der Waals surface area contributed by atoms with Crippen molar-refractivity contribution >= 4 is 23.4 Å². The van der Waals surface area contributed by atoms with Crippen LogP contribution in [0.15, 0.2) is 0 Å². The molecule has 2 fully saturated rings. The van der Waals surface area contributed by atoms with Crippen molar-refractivity contribution in [3.8, 4) is 0 Å². The smallest absolute Gasteiger partial charge is 0.233 e. The fourth-order valence-corrected chi connectivity index (χ4v) is 3.47. The van der Waals surface area contributed by atoms with Crippen LogP contribution < -0.4 is 0 Å². The van der Waals surface area contributed by atoms with Gasteiger partial charge in [-0.05, 0) is 31.6 Å². The number of likely N-dealkylation sites (tertiary alicyclic amines) is 1. The number of carbonyl (C=O) groups is 2. The number of carbonyl (C=O) groups excluding carboxylic acids is 2. The van der Waals surface area contributed by atoms with Crippen LogP contribution >= 0.6 is 11.6 Å². The van der Waals surface area contributed by atoms with Crippen molar-refractivity contribution in [2.75, 3.05) is 12.4 Å². The van der Waals surface area contributed by atoms with Gasteiger partial charge in [0.1, 0.15) is 0 Å². The Morgan fingerprint density at radius 1 is 1.06 bits per heavy atom. The summed E-state index contributed by atoms with van der Waals surface area (Å²) in [6.07, 6.45) is 5.88. The van der Waals surface area contributed by atoms with E-state index in [9.17, 15) is 9.59 Å². The third kappa shape index (κ3) is 2.71. The standard InChI is InChI=1S/C14H22ClNO2/c1-10-8-11-12(9-10)14(18)16(13(11)17)7-5-3-2-4-6-15/h10-12H,2-9H2,1H3. The second-order valence-corrected chi connectivity index (χ2v) is 6.10. The van der Waals surface area contributed by atoms with Crippen LogP contribution in [0.3, 0.4) is 0 Å². The van der Waals surface area contributed by atoms with Gasteiger partial charge in [0.05, 0.1) is 11.8 Å². The molecule has 2 amide bonds. The fourth-order valence-electron chi connectivity index (χ4n) is 3.28. The maximum atomic E-state index is 12.1. The van der Waals surface area contributed by atoms with Gasteiger partial charge in [-0.3, -0.25) is 14.5 Å². The second kappa shape index (κ2) is 6.05. The Morgan fingerprint density at radius 3 is 2.17 bits per heavy atom. The number of alkyl halides is 1. The van der Waals surface area contributed by atoms with Gasteiger partial charge in [0.15, 0.2) is 0 Å². The summed E-state index contributed by atoms with van der Waals surface area (Å²) in [4.78, 5) is 25.8. The molecular formula is C14H22ClNO2. The molecule has 4 heteroatoms. The molecule has 1 heterocycles. The molecule has 0 spiro atoms. The number of unbranched alkanes of at least 4 members (excludes halogenated alkanes) is 3. The molecule has 1 aliphatic carbocycles. The van der Waals surface area contributed by atoms with Gasteiger partial charge in [-0.1, -0.05) is 19.8 Å². The van der Waals surface area contributed by atoms with Crippen LogP contribution in [-0.4, -0.2) is 29.1 Å². The average Bonchev–Trinajstić information content (AvgIpc) is 2.82. The Kier molecular flexibility index (Phi) is 4.66. The first-order chi connectivity index (χ1) is 8.65. The van der Waals surface area contributed by atoms with Crippen molar-refractivity contribution < 1.29 is 9.59 Å². The third-order valence-electron chi connectivity index (χ3n) is 4.23. The molecule has 3 nitrogen and oxygen atoms in total. The number of rotatable bonds is 6. The van der Waals surface area contributed by atoms with E-state index in [2.05, 4.69) is 6.92 Å². The van der Waals surface area contributed by atoms with E-state index in [4.69, 9.17) is 11.6 Å². The molecule has 1 aliphatic heterocycles. The first kappa shape index (κ1) is 13.9. The lowest BCUT2D eigenvalue weighted by molar-refractivity contribution is -0.140. The van der Waals surface area contributed by atoms with E-state index in [0.717, 1.165) is 38.5 Å². The molecule has 0 radical (unpaired) electrons. The summed E-state index contributed by atoms with van der Waals surface area (Å²) >= 11 is 5.61. The Bertz CT molecular complexity index is 308. The van der Waals surface area contributed by atoms with E-state index in [0.29, 0.717) is 18.3 Å². The number of halogens is 1. The molecule has 0 N–H and O–H groups in total. The predicted molar refractivity (Wildman–Crippen MR) is 71.3 cm³/mol. The molecule has 2 atom stereocenters. The Hall–Kier alpha value is -0.570. The maximum absolute atomic E-state index is 12.1. The summed E-state index contributed by atoms with van der Waals surface area (Å²) in [5, 5.41) is 0. The van der Waals surface area contributed by atoms with Crippen molar-refractivity contribution in [3.05, 3.63) is 0 Å². The molecule has 0 aromatic heterocycles. The molecule has 2 aliphatic rings. The summed E-state index contributed by atoms with van der Waals surface area (Å²) in [6.45, 7) is 2.75. The summed E-state index contributed by atoms with van der Waals surface area (Å²) in [5.41, 5.74) is 0. The first-order valence-corrected chi connectivity index (χ1v) is 7.59. The number of nitrogens with zero attached hydrogens (tertiary/aromatic N) is 1. The van der Waals surface area contributed by atoms with Gasteiger partial charge >= 0.3 is 0 Å². The Labute approximate surface area is 114 Å². The molecule has 18 heavy (non-hydrogen) atoms. The van der Waals surface area contributed by atoms with E-state index in [-0.39, 0.29) is 23.7 Å². The van der Waals surface area contributed by atoms with Crippen LogP contribution in [0.5, 0.6) is 0 Å². The zero-order chi connectivity index (χ0) is 13.1. The van der Waals surface area contributed by atoms with Crippen molar-refractivity contribution in [2.24, 2.45) is 17.8 Å². The van der Waals surface area contributed by atoms with Gasteiger partial charge in [0.25, 0.3) is 0 Å². The van der Waals surface area contributed by atoms with E-state index in [1.807, 2.05) is 0 Å². The predicted octanol–water partition coefficient (Wildman–Crippen LogP) is 2.82. The van der Waals surface area contributed by atoms with Gasteiger partial charge in [0.2, 0.25) is 11.8 Å². The Morgan fingerprint density at radius 2 is 1.61 bits per heavy atom. The third-order valence-corrected chi connectivity index (χ3v) is 4.50. The molecule has 0 aromatic rings. The number of hydrogen-bond acceptors (Lipinski definition) is 2. The fraction of sp³-hybridized carbons (Fsp3) is 0.857. The highest BCUT2D eigenvalue weighted by molar-refractivity contribution is 6.17. The molecule has 0 aromatic carbocycles. The normalized spacial score (nSPS) is 31.2. The summed E-state index contributed by atoms with van der Waals surface area (Å²) in [6, 6.07) is 0. The number of fused-ring (bicyclic) bond motifs is 1. The minimum atomic E-state index is -0.00431. The van der Waals surface area contributed by atoms with Crippen LogP contribution in [0.1, 0.15) is 45.4 Å². The van der Waals surface area contributed by atoms with Crippen molar-refractivity contribution in [1.29, 1.82) is 0 Å². The number of imide groups is 1. The highest BCUT2D eigenvalue weighted by Crippen LogP contribution is 2.42. The number of amides is 2. The topological polar surface area (TPSA) is 37.4 Å². The Balaban J connectivity index is 1.80. The zero-order valence-corrected chi connectivity index (χ0v) is 11.8. The zero-order valence-electron chi connectivity index (χ0n) is 11.0. The van der Waals surface area contributed by atoms with Crippen LogP contribution in [-0.2, 0) is 9.59 Å². The highest BCUT2D eigenvalue weighted by Gasteiger charge is 2.51. The van der Waals surface area contributed by atoms with Crippen LogP contribution in [0.4, 0.5) is 0 Å². The van der Waals surface area contributed by atoms with Gasteiger partial charge in [0, 0.05) is 12.4 Å². The first-order valence-electron chi connectivity index (χ1n) is 7.06. The lowest BCUT2D eigenvalue weighted by Crippen LogP contribution is -2.33. The SMILES string of the molecule is CC1CC2C(=O)N(CCCCCCCl)C(=O)C2C1. The number of hydrogen-bond donors (Lipinski definition) is 0. The monoisotopic (exact) mass is 271 g/mol. The summed E-state index contributed by atoms with van der Waals surface area (Å²) < 4.78 is 0. The van der Waals surface area contributed by atoms with Crippen molar-refractivity contribution in [2.45, 2.75) is 45.4 Å². The molecular weight excluding hydrogens is 250 g/mol. The minimum Gasteiger partial charge on any atom is -0.282 e. The van der Waals surface area contributed by atoms with Crippen LogP contribution in [0.2, 0.25) is 0 Å². The maximum Gasteiger partial charge on any atom is 0.233 e. The highest BCUT2D eigenvalue weighted by atomic mass is 35.5. The van der Waals surface area contributed by atoms with E-state index < -0.39 is 0 Å². The van der Waals surface area contributed by atoms with Gasteiger partial charge in [-0.2, -0.15) is 0 Å². The van der Waals surface area contributed by atoms with Crippen molar-refractivity contribution in [1.82, 2.24) is 4.90 Å². The lowest BCUT2D eigenvalue weighted by Gasteiger charge is -2.16. The molecule has 2 unspecified atom stereocenters. The summed E-state index contributed by atoms with van der Waals surface area (Å²) in [5.74, 6) is 1.40. The minimum absolute atomic E-state index is 0.00431. The lowest BCUT2D eigenvalue weighted by atomic mass is 10.00. The van der Waals surface area contributed by atoms with Gasteiger partial charge in [-0.25, -0.2) is 0 Å². The molecule has 1 saturated carbocycles. The molecule has 102 valence electrons. The van der Waals surface area contributed by atoms with E-state index >= 15 is 0 Å². The quantitative estimate of drug-likeness (QED) is 0.423. The van der Waals surface area contributed by atoms with Crippen molar-refractivity contribution in [3.63, 3.8) is 0 Å². The van der Waals surface area contributed by atoms with Gasteiger partial charge in [-0.15, -0.1) is 11.6 Å². The van der Waals surface area contributed by atoms with E-state index in [1.165, 1.54) is 4.90 Å².